The summed E-state index contributed by atoms with van der Waals surface area (Å²) < 4.78 is 1.72. The highest BCUT2D eigenvalue weighted by Gasteiger charge is 2.12. The van der Waals surface area contributed by atoms with Gasteiger partial charge in [-0.1, -0.05) is 23.4 Å². The molecule has 1 aromatic heterocycles. The lowest BCUT2D eigenvalue weighted by molar-refractivity contribution is 0.819. The Morgan fingerprint density at radius 1 is 1.16 bits per heavy atom. The maximum absolute atomic E-state index is 9.38. The van der Waals surface area contributed by atoms with Gasteiger partial charge in [-0.2, -0.15) is 5.26 Å². The molecule has 2 aromatic carbocycles. The Balaban J connectivity index is 2.31. The van der Waals surface area contributed by atoms with Crippen molar-refractivity contribution in [3.63, 3.8) is 0 Å². The number of hydrogen-bond donors (Lipinski definition) is 0. The Bertz CT molecular complexity index is 785. The molecule has 0 saturated carbocycles. The first-order valence-corrected chi connectivity index (χ1v) is 6.95. The van der Waals surface area contributed by atoms with E-state index in [-0.39, 0.29) is 0 Å². The van der Waals surface area contributed by atoms with Crippen LogP contribution in [0.1, 0.15) is 5.56 Å². The number of hydrogen-bond acceptors (Lipinski definition) is 4. The van der Waals surface area contributed by atoms with Crippen LogP contribution in [0.2, 0.25) is 0 Å². The third-order valence-electron chi connectivity index (χ3n) is 2.92. The van der Waals surface area contributed by atoms with Crippen molar-refractivity contribution < 1.29 is 0 Å². The maximum atomic E-state index is 9.38. The van der Waals surface area contributed by atoms with E-state index >= 15 is 0 Å². The molecule has 0 fully saturated rings. The van der Waals surface area contributed by atoms with E-state index in [0.29, 0.717) is 5.56 Å². The Hall–Kier alpha value is -2.32. The average molecular weight is 266 g/mol. The van der Waals surface area contributed by atoms with E-state index in [1.54, 1.807) is 16.4 Å². The van der Waals surface area contributed by atoms with Gasteiger partial charge in [0.1, 0.15) is 11.6 Å². The van der Waals surface area contributed by atoms with Crippen LogP contribution in [0.15, 0.2) is 47.4 Å². The van der Waals surface area contributed by atoms with Crippen LogP contribution < -0.4 is 0 Å². The van der Waals surface area contributed by atoms with Gasteiger partial charge in [0, 0.05) is 4.90 Å². The minimum absolute atomic E-state index is 0.630. The molecule has 92 valence electrons. The normalized spacial score (nSPS) is 10.5. The first-order chi connectivity index (χ1) is 9.35. The highest BCUT2D eigenvalue weighted by atomic mass is 32.2. The van der Waals surface area contributed by atoms with Gasteiger partial charge in [-0.05, 0) is 30.5 Å². The molecule has 0 bridgehead atoms. The molecule has 0 aliphatic heterocycles. The monoisotopic (exact) mass is 266 g/mol. The maximum Gasteiger partial charge on any atom is 0.113 e. The molecule has 0 aliphatic carbocycles. The molecule has 1 heterocycles. The molecule has 5 heteroatoms. The first kappa shape index (κ1) is 11.8. The minimum Gasteiger partial charge on any atom is -0.211 e. The van der Waals surface area contributed by atoms with Gasteiger partial charge in [0.05, 0.1) is 16.8 Å². The predicted molar refractivity (Wildman–Crippen MR) is 75.4 cm³/mol. The van der Waals surface area contributed by atoms with Crippen molar-refractivity contribution in [1.82, 2.24) is 15.0 Å². The Morgan fingerprint density at radius 2 is 2.00 bits per heavy atom. The number of benzene rings is 2. The second-order valence-electron chi connectivity index (χ2n) is 3.96. The zero-order valence-corrected chi connectivity index (χ0v) is 11.1. The quantitative estimate of drug-likeness (QED) is 0.669. The number of thioether (sulfide) groups is 1. The minimum atomic E-state index is 0.630. The molecule has 0 N–H and O–H groups in total. The Labute approximate surface area is 114 Å². The lowest BCUT2D eigenvalue weighted by Crippen LogP contribution is -2.00. The summed E-state index contributed by atoms with van der Waals surface area (Å²) in [5, 5.41) is 17.7. The van der Waals surface area contributed by atoms with Crippen LogP contribution in [0.25, 0.3) is 16.7 Å². The largest absolute Gasteiger partial charge is 0.211 e. The van der Waals surface area contributed by atoms with E-state index < -0.39 is 0 Å². The Morgan fingerprint density at radius 3 is 2.79 bits per heavy atom. The number of rotatable bonds is 2. The van der Waals surface area contributed by atoms with Crippen LogP contribution in [0, 0.1) is 11.3 Å². The number of aromatic nitrogens is 3. The van der Waals surface area contributed by atoms with E-state index in [9.17, 15) is 5.26 Å². The first-order valence-electron chi connectivity index (χ1n) is 5.73. The molecule has 3 aromatic rings. The summed E-state index contributed by atoms with van der Waals surface area (Å²) in [7, 11) is 0. The van der Waals surface area contributed by atoms with Crippen LogP contribution >= 0.6 is 11.8 Å². The molecule has 3 rings (SSSR count). The summed E-state index contributed by atoms with van der Waals surface area (Å²) in [5.74, 6) is 0. The van der Waals surface area contributed by atoms with Gasteiger partial charge in [0.25, 0.3) is 0 Å². The van der Waals surface area contributed by atoms with E-state index in [0.717, 1.165) is 21.6 Å². The Kier molecular flexibility index (Phi) is 2.94. The predicted octanol–water partition coefficient (Wildman–Crippen LogP) is 3.01. The van der Waals surface area contributed by atoms with Gasteiger partial charge in [-0.15, -0.1) is 16.9 Å². The van der Waals surface area contributed by atoms with Crippen LogP contribution in [-0.4, -0.2) is 21.2 Å². The van der Waals surface area contributed by atoms with Gasteiger partial charge in [-0.3, -0.25) is 0 Å². The fourth-order valence-corrected chi connectivity index (χ4v) is 2.59. The van der Waals surface area contributed by atoms with Crippen molar-refractivity contribution in [3.8, 4) is 11.8 Å². The van der Waals surface area contributed by atoms with Crippen LogP contribution in [-0.2, 0) is 0 Å². The van der Waals surface area contributed by atoms with Crippen LogP contribution in [0.5, 0.6) is 0 Å². The fourth-order valence-electron chi connectivity index (χ4n) is 2.03. The standard InChI is InChI=1S/C14H10N4S/c1-19-14-8-4-7-12(10(14)9-15)18-13-6-3-2-5-11(13)16-17-18/h2-8H,1H3. The van der Waals surface area contributed by atoms with E-state index in [1.807, 2.05) is 48.7 Å². The van der Waals surface area contributed by atoms with Crippen molar-refractivity contribution in [2.24, 2.45) is 0 Å². The van der Waals surface area contributed by atoms with Crippen molar-refractivity contribution >= 4 is 22.8 Å². The summed E-state index contributed by atoms with van der Waals surface area (Å²) in [6.45, 7) is 0. The smallest absolute Gasteiger partial charge is 0.113 e. The molecule has 0 saturated heterocycles. The van der Waals surface area contributed by atoms with Gasteiger partial charge in [-0.25, -0.2) is 4.68 Å². The van der Waals surface area contributed by atoms with E-state index in [1.165, 1.54) is 0 Å². The van der Waals surface area contributed by atoms with Crippen LogP contribution in [0.4, 0.5) is 0 Å². The molecule has 0 unspecified atom stereocenters. The lowest BCUT2D eigenvalue weighted by atomic mass is 10.2. The van der Waals surface area contributed by atoms with Crippen molar-refractivity contribution in [3.05, 3.63) is 48.0 Å². The van der Waals surface area contributed by atoms with Crippen LogP contribution in [0.3, 0.4) is 0 Å². The number of fused-ring (bicyclic) bond motifs is 1. The van der Waals surface area contributed by atoms with Gasteiger partial charge < -0.3 is 0 Å². The molecule has 0 amide bonds. The zero-order chi connectivity index (χ0) is 13.2. The number of para-hydroxylation sites is 1. The third kappa shape index (κ3) is 1.86. The molecule has 0 radical (unpaired) electrons. The lowest BCUT2D eigenvalue weighted by Gasteiger charge is -2.07. The van der Waals surface area contributed by atoms with E-state index in [2.05, 4.69) is 16.4 Å². The molecule has 19 heavy (non-hydrogen) atoms. The van der Waals surface area contributed by atoms with E-state index in [4.69, 9.17) is 0 Å². The van der Waals surface area contributed by atoms with Crippen molar-refractivity contribution in [2.75, 3.05) is 6.26 Å². The zero-order valence-electron chi connectivity index (χ0n) is 10.2. The second kappa shape index (κ2) is 4.75. The van der Waals surface area contributed by atoms with Gasteiger partial charge in [0.15, 0.2) is 0 Å². The molecular formula is C14H10N4S. The fraction of sp³-hybridized carbons (Fsp3) is 0.0714. The number of nitrogens with zero attached hydrogens (tertiary/aromatic N) is 4. The van der Waals surface area contributed by atoms with Gasteiger partial charge in [0.2, 0.25) is 0 Å². The summed E-state index contributed by atoms with van der Waals surface area (Å²) in [4.78, 5) is 0.944. The topological polar surface area (TPSA) is 54.5 Å². The molecule has 0 atom stereocenters. The molecule has 4 nitrogen and oxygen atoms in total. The van der Waals surface area contributed by atoms with Gasteiger partial charge >= 0.3 is 0 Å². The average Bonchev–Trinajstić information content (AvgIpc) is 2.90. The molecular weight excluding hydrogens is 256 g/mol. The van der Waals surface area contributed by atoms with Crippen molar-refractivity contribution in [2.45, 2.75) is 4.90 Å². The highest BCUT2D eigenvalue weighted by molar-refractivity contribution is 7.98. The summed E-state index contributed by atoms with van der Waals surface area (Å²) in [6.07, 6.45) is 1.96. The summed E-state index contributed by atoms with van der Waals surface area (Å²) >= 11 is 1.55. The highest BCUT2D eigenvalue weighted by Crippen LogP contribution is 2.26. The van der Waals surface area contributed by atoms with Crippen molar-refractivity contribution in [1.29, 1.82) is 5.26 Å². The summed E-state index contributed by atoms with van der Waals surface area (Å²) in [6, 6.07) is 15.7. The molecule has 0 aliphatic rings. The second-order valence-corrected chi connectivity index (χ2v) is 4.80. The summed E-state index contributed by atoms with van der Waals surface area (Å²) in [5.41, 5.74) is 3.12. The molecule has 0 spiro atoms. The third-order valence-corrected chi connectivity index (χ3v) is 3.70. The SMILES string of the molecule is CSc1cccc(-n2nnc3ccccc32)c1C#N. The number of nitriles is 1.